The van der Waals surface area contributed by atoms with Gasteiger partial charge in [-0.3, -0.25) is 9.59 Å². The lowest BCUT2D eigenvalue weighted by atomic mass is 10.1. The monoisotopic (exact) mass is 425 g/mol. The number of carbonyl (C=O) groups excluding carboxylic acids is 2. The van der Waals surface area contributed by atoms with Gasteiger partial charge in [0, 0.05) is 43.9 Å². The fraction of sp³-hybridized carbons (Fsp3) is 0.348. The average Bonchev–Trinajstić information content (AvgIpc) is 3.48. The van der Waals surface area contributed by atoms with E-state index in [1.807, 2.05) is 6.92 Å². The zero-order valence-electron chi connectivity index (χ0n) is 17.5. The highest BCUT2D eigenvalue weighted by atomic mass is 19.1. The normalized spacial score (nSPS) is 14.4. The summed E-state index contributed by atoms with van der Waals surface area (Å²) in [4.78, 5) is 31.0. The standard InChI is InChI=1S/C23H24FN3O4/c1-3-27(22(29)23(30-2)10-11-23)13-12-25-20(28)15-4-6-16(7-5-15)21-26-18-9-8-17(24)14-19(18)31-21/h4-9,14H,3,10-13H2,1-2H3,(H,25,28). The summed E-state index contributed by atoms with van der Waals surface area (Å²) < 4.78 is 24.3. The Hall–Kier alpha value is -3.26. The minimum atomic E-state index is -0.660. The molecule has 1 aliphatic carbocycles. The number of hydrogen-bond donors (Lipinski definition) is 1. The number of benzene rings is 2. The Morgan fingerprint density at radius 2 is 1.97 bits per heavy atom. The van der Waals surface area contributed by atoms with Gasteiger partial charge >= 0.3 is 0 Å². The molecule has 1 fully saturated rings. The maximum Gasteiger partial charge on any atom is 0.254 e. The third-order valence-electron chi connectivity index (χ3n) is 5.57. The van der Waals surface area contributed by atoms with Crippen LogP contribution in [0.3, 0.4) is 0 Å². The zero-order chi connectivity index (χ0) is 22.0. The van der Waals surface area contributed by atoms with Crippen LogP contribution in [0, 0.1) is 5.82 Å². The predicted molar refractivity (Wildman–Crippen MR) is 113 cm³/mol. The van der Waals surface area contributed by atoms with Crippen molar-refractivity contribution in [3.63, 3.8) is 0 Å². The van der Waals surface area contributed by atoms with E-state index in [2.05, 4.69) is 10.3 Å². The van der Waals surface area contributed by atoms with Gasteiger partial charge in [0.15, 0.2) is 5.58 Å². The summed E-state index contributed by atoms with van der Waals surface area (Å²) in [6, 6.07) is 11.0. The van der Waals surface area contributed by atoms with Crippen LogP contribution in [0.4, 0.5) is 4.39 Å². The summed E-state index contributed by atoms with van der Waals surface area (Å²) >= 11 is 0. The number of hydrogen-bond acceptors (Lipinski definition) is 5. The molecule has 162 valence electrons. The van der Waals surface area contributed by atoms with Crippen LogP contribution >= 0.6 is 0 Å². The fourth-order valence-electron chi connectivity index (χ4n) is 3.50. The molecule has 2 aromatic carbocycles. The van der Waals surface area contributed by atoms with E-state index in [4.69, 9.17) is 9.15 Å². The number of aromatic nitrogens is 1. The maximum atomic E-state index is 13.3. The van der Waals surface area contributed by atoms with Crippen LogP contribution in [-0.4, -0.2) is 54.0 Å². The molecule has 0 spiro atoms. The first-order chi connectivity index (χ1) is 15.0. The lowest BCUT2D eigenvalue weighted by Gasteiger charge is -2.25. The molecule has 8 heteroatoms. The van der Waals surface area contributed by atoms with Crippen molar-refractivity contribution >= 4 is 22.9 Å². The lowest BCUT2D eigenvalue weighted by Crippen LogP contribution is -2.45. The van der Waals surface area contributed by atoms with E-state index in [9.17, 15) is 14.0 Å². The van der Waals surface area contributed by atoms with Crippen LogP contribution < -0.4 is 5.32 Å². The Balaban J connectivity index is 1.35. The number of ether oxygens (including phenoxy) is 1. The van der Waals surface area contributed by atoms with Crippen molar-refractivity contribution in [3.05, 3.63) is 53.8 Å². The van der Waals surface area contributed by atoms with Gasteiger partial charge in [-0.25, -0.2) is 9.37 Å². The fourth-order valence-corrected chi connectivity index (χ4v) is 3.50. The van der Waals surface area contributed by atoms with Gasteiger partial charge in [0.1, 0.15) is 16.9 Å². The number of amides is 2. The van der Waals surface area contributed by atoms with Crippen LogP contribution in [0.5, 0.6) is 0 Å². The number of methoxy groups -OCH3 is 1. The van der Waals surface area contributed by atoms with Crippen LogP contribution in [0.2, 0.25) is 0 Å². The second-order valence-corrected chi connectivity index (χ2v) is 7.55. The number of halogens is 1. The van der Waals surface area contributed by atoms with Crippen molar-refractivity contribution in [1.29, 1.82) is 0 Å². The number of nitrogens with zero attached hydrogens (tertiary/aromatic N) is 2. The molecule has 1 aliphatic rings. The molecule has 0 aliphatic heterocycles. The number of fused-ring (bicyclic) bond motifs is 1. The van der Waals surface area contributed by atoms with Crippen molar-refractivity contribution in [2.45, 2.75) is 25.4 Å². The molecule has 1 saturated carbocycles. The molecular formula is C23H24FN3O4. The largest absolute Gasteiger partial charge is 0.436 e. The quantitative estimate of drug-likeness (QED) is 0.598. The Labute approximate surface area is 179 Å². The minimum absolute atomic E-state index is 0.0192. The molecule has 7 nitrogen and oxygen atoms in total. The smallest absolute Gasteiger partial charge is 0.254 e. The Morgan fingerprint density at radius 3 is 2.61 bits per heavy atom. The topological polar surface area (TPSA) is 84.7 Å². The van der Waals surface area contributed by atoms with Crippen LogP contribution in [0.1, 0.15) is 30.1 Å². The molecule has 0 unspecified atom stereocenters. The van der Waals surface area contributed by atoms with Crippen LogP contribution in [0.15, 0.2) is 46.9 Å². The summed E-state index contributed by atoms with van der Waals surface area (Å²) in [5.41, 5.74) is 1.44. The van der Waals surface area contributed by atoms with Gasteiger partial charge in [0.25, 0.3) is 11.8 Å². The third kappa shape index (κ3) is 4.29. The first-order valence-electron chi connectivity index (χ1n) is 10.2. The maximum absolute atomic E-state index is 13.3. The molecule has 31 heavy (non-hydrogen) atoms. The molecule has 1 aromatic heterocycles. The molecule has 0 saturated heterocycles. The van der Waals surface area contributed by atoms with E-state index in [0.29, 0.717) is 47.8 Å². The number of nitrogens with one attached hydrogen (secondary N) is 1. The molecule has 1 heterocycles. The van der Waals surface area contributed by atoms with Gasteiger partial charge in [-0.2, -0.15) is 0 Å². The summed E-state index contributed by atoms with van der Waals surface area (Å²) in [5.74, 6) is -0.284. The number of likely N-dealkylation sites (N-methyl/N-ethyl adjacent to an activating group) is 1. The van der Waals surface area contributed by atoms with Gasteiger partial charge in [-0.15, -0.1) is 0 Å². The second kappa shape index (κ2) is 8.47. The van der Waals surface area contributed by atoms with E-state index in [1.165, 1.54) is 12.1 Å². The molecule has 0 radical (unpaired) electrons. The predicted octanol–water partition coefficient (Wildman–Crippen LogP) is 3.39. The highest BCUT2D eigenvalue weighted by Crippen LogP contribution is 2.40. The number of rotatable bonds is 8. The molecule has 1 N–H and O–H groups in total. The summed E-state index contributed by atoms with van der Waals surface area (Å²) in [7, 11) is 1.56. The van der Waals surface area contributed by atoms with E-state index < -0.39 is 5.60 Å². The van der Waals surface area contributed by atoms with E-state index in [-0.39, 0.29) is 17.6 Å². The lowest BCUT2D eigenvalue weighted by molar-refractivity contribution is -0.144. The highest BCUT2D eigenvalue weighted by molar-refractivity contribution is 5.94. The third-order valence-corrected chi connectivity index (χ3v) is 5.57. The SMILES string of the molecule is CCN(CCNC(=O)c1ccc(-c2nc3ccc(F)cc3o2)cc1)C(=O)C1(OC)CC1. The number of carbonyl (C=O) groups is 2. The second-order valence-electron chi connectivity index (χ2n) is 7.55. The number of oxazole rings is 1. The highest BCUT2D eigenvalue weighted by Gasteiger charge is 2.52. The van der Waals surface area contributed by atoms with Crippen molar-refractivity contribution in [1.82, 2.24) is 15.2 Å². The average molecular weight is 425 g/mol. The molecule has 0 atom stereocenters. The van der Waals surface area contributed by atoms with Gasteiger partial charge < -0.3 is 19.4 Å². The van der Waals surface area contributed by atoms with Crippen molar-refractivity contribution < 1.29 is 23.1 Å². The van der Waals surface area contributed by atoms with E-state index in [0.717, 1.165) is 12.8 Å². The van der Waals surface area contributed by atoms with Crippen molar-refractivity contribution in [2.24, 2.45) is 0 Å². The Kier molecular flexibility index (Phi) is 5.73. The molecule has 0 bridgehead atoms. The van der Waals surface area contributed by atoms with Gasteiger partial charge in [0.05, 0.1) is 0 Å². The van der Waals surface area contributed by atoms with Crippen LogP contribution in [-0.2, 0) is 9.53 Å². The first kappa shape index (κ1) is 21.0. The Bertz CT molecular complexity index is 1110. The zero-order valence-corrected chi connectivity index (χ0v) is 17.5. The molecular weight excluding hydrogens is 401 g/mol. The molecule has 4 rings (SSSR count). The van der Waals surface area contributed by atoms with Crippen molar-refractivity contribution in [3.8, 4) is 11.5 Å². The van der Waals surface area contributed by atoms with Crippen LogP contribution in [0.25, 0.3) is 22.6 Å². The van der Waals surface area contributed by atoms with Crippen molar-refractivity contribution in [2.75, 3.05) is 26.7 Å². The Morgan fingerprint density at radius 1 is 1.23 bits per heavy atom. The molecule has 3 aromatic rings. The van der Waals surface area contributed by atoms with E-state index in [1.54, 1.807) is 42.3 Å². The van der Waals surface area contributed by atoms with Gasteiger partial charge in [0.2, 0.25) is 5.89 Å². The minimum Gasteiger partial charge on any atom is -0.436 e. The first-order valence-corrected chi connectivity index (χ1v) is 10.2. The van der Waals surface area contributed by atoms with Gasteiger partial charge in [-0.05, 0) is 56.2 Å². The summed E-state index contributed by atoms with van der Waals surface area (Å²) in [5, 5.41) is 2.84. The summed E-state index contributed by atoms with van der Waals surface area (Å²) in [6.45, 7) is 3.23. The van der Waals surface area contributed by atoms with E-state index >= 15 is 0 Å². The molecule has 2 amide bonds. The summed E-state index contributed by atoms with van der Waals surface area (Å²) in [6.07, 6.45) is 1.49. The van der Waals surface area contributed by atoms with Gasteiger partial charge in [-0.1, -0.05) is 0 Å².